The van der Waals surface area contributed by atoms with Crippen LogP contribution in [-0.4, -0.2) is 28.3 Å². The van der Waals surface area contributed by atoms with Crippen LogP contribution in [0.3, 0.4) is 0 Å². The predicted molar refractivity (Wildman–Crippen MR) is 119 cm³/mol. The van der Waals surface area contributed by atoms with Crippen LogP contribution in [0.2, 0.25) is 0 Å². The van der Waals surface area contributed by atoms with Crippen molar-refractivity contribution >= 4 is 39.0 Å². The second-order valence-corrected chi connectivity index (χ2v) is 7.75. The van der Waals surface area contributed by atoms with Gasteiger partial charge in [0.1, 0.15) is 5.00 Å². The van der Waals surface area contributed by atoms with Gasteiger partial charge in [-0.15, -0.1) is 11.3 Å². The lowest BCUT2D eigenvalue weighted by Crippen LogP contribution is -2.25. The van der Waals surface area contributed by atoms with Crippen LogP contribution in [0.5, 0.6) is 0 Å². The Labute approximate surface area is 178 Å². The van der Waals surface area contributed by atoms with Crippen LogP contribution in [-0.2, 0) is 9.53 Å². The normalized spacial score (nSPS) is 11.4. The van der Waals surface area contributed by atoms with Gasteiger partial charge in [0, 0.05) is 10.8 Å². The molecule has 0 saturated heterocycles. The molecule has 3 aromatic rings. The number of anilines is 1. The molecule has 0 unspecified atom stereocenters. The van der Waals surface area contributed by atoms with E-state index in [0.29, 0.717) is 22.0 Å². The zero-order valence-electron chi connectivity index (χ0n) is 17.3. The molecule has 2 heterocycles. The van der Waals surface area contributed by atoms with Crippen molar-refractivity contribution in [2.45, 2.75) is 33.6 Å². The third-order valence-electron chi connectivity index (χ3n) is 4.48. The van der Waals surface area contributed by atoms with Crippen molar-refractivity contribution in [1.82, 2.24) is 9.78 Å². The number of nitrogens with zero attached hydrogens (tertiary/aromatic N) is 2. The van der Waals surface area contributed by atoms with E-state index in [1.807, 2.05) is 12.1 Å². The molecule has 1 aromatic carbocycles. The van der Waals surface area contributed by atoms with Crippen LogP contribution < -0.4 is 10.9 Å². The third-order valence-corrected chi connectivity index (χ3v) is 5.38. The molecule has 0 aliphatic rings. The minimum Gasteiger partial charge on any atom is -0.461 e. The first-order valence-electron chi connectivity index (χ1n) is 9.63. The molecular weight excluding hydrogens is 402 g/mol. The van der Waals surface area contributed by atoms with Crippen molar-refractivity contribution in [2.24, 2.45) is 0 Å². The first-order valence-corrected chi connectivity index (χ1v) is 10.5. The Balaban J connectivity index is 2.23. The molecule has 0 bridgehead atoms. The van der Waals surface area contributed by atoms with Crippen LogP contribution >= 0.6 is 11.3 Å². The monoisotopic (exact) mass is 425 g/mol. The quantitative estimate of drug-likeness (QED) is 0.471. The largest absolute Gasteiger partial charge is 0.461 e. The molecule has 1 amide bonds. The molecule has 0 saturated carbocycles. The number of nitrogens with one attached hydrogen (secondary N) is 1. The SMILES string of the molecule is C/C=C/C(=O)Nc1scc2c(C(=O)OCC)nn(-c3ccc(C(C)C)cc3)c(=O)c12. The Kier molecular flexibility index (Phi) is 6.47. The number of aromatic nitrogens is 2. The Bertz CT molecular complexity index is 1170. The van der Waals surface area contributed by atoms with E-state index in [9.17, 15) is 14.4 Å². The van der Waals surface area contributed by atoms with Gasteiger partial charge >= 0.3 is 5.97 Å². The molecule has 7 nitrogen and oxygen atoms in total. The molecular formula is C22H23N3O4S. The number of carbonyl (C=O) groups excluding carboxylic acids is 2. The van der Waals surface area contributed by atoms with Gasteiger partial charge in [-0.1, -0.05) is 32.1 Å². The van der Waals surface area contributed by atoms with Crippen LogP contribution in [0.4, 0.5) is 5.00 Å². The maximum Gasteiger partial charge on any atom is 0.359 e. The van der Waals surface area contributed by atoms with Crippen LogP contribution in [0.1, 0.15) is 49.7 Å². The smallest absolute Gasteiger partial charge is 0.359 e. The molecule has 0 fully saturated rings. The molecule has 30 heavy (non-hydrogen) atoms. The maximum absolute atomic E-state index is 13.3. The highest BCUT2D eigenvalue weighted by Gasteiger charge is 2.23. The van der Waals surface area contributed by atoms with E-state index < -0.39 is 11.5 Å². The Morgan fingerprint density at radius 3 is 2.57 bits per heavy atom. The highest BCUT2D eigenvalue weighted by molar-refractivity contribution is 7.16. The van der Waals surface area contributed by atoms with E-state index in [1.54, 1.807) is 37.4 Å². The summed E-state index contributed by atoms with van der Waals surface area (Å²) in [5, 5.41) is 9.58. The van der Waals surface area contributed by atoms with E-state index in [2.05, 4.69) is 24.3 Å². The van der Waals surface area contributed by atoms with E-state index >= 15 is 0 Å². The second kappa shape index (κ2) is 9.04. The number of rotatable bonds is 6. The summed E-state index contributed by atoms with van der Waals surface area (Å²) in [6.07, 6.45) is 2.97. The van der Waals surface area contributed by atoms with E-state index in [0.717, 1.165) is 16.9 Å². The summed E-state index contributed by atoms with van der Waals surface area (Å²) >= 11 is 1.16. The topological polar surface area (TPSA) is 90.3 Å². The summed E-state index contributed by atoms with van der Waals surface area (Å²) < 4.78 is 6.31. The van der Waals surface area contributed by atoms with E-state index in [-0.39, 0.29) is 23.6 Å². The molecule has 0 spiro atoms. The van der Waals surface area contributed by atoms with Gasteiger partial charge in [0.15, 0.2) is 5.69 Å². The number of allylic oxidation sites excluding steroid dienone is 1. The summed E-state index contributed by atoms with van der Waals surface area (Å²) in [6, 6.07) is 7.42. The number of ether oxygens (including phenoxy) is 1. The maximum atomic E-state index is 13.3. The fraction of sp³-hybridized carbons (Fsp3) is 0.273. The van der Waals surface area contributed by atoms with E-state index in [1.165, 1.54) is 10.8 Å². The lowest BCUT2D eigenvalue weighted by molar-refractivity contribution is -0.111. The van der Waals surface area contributed by atoms with Gasteiger partial charge in [0.25, 0.3) is 5.56 Å². The number of amides is 1. The van der Waals surface area contributed by atoms with Gasteiger partial charge in [-0.2, -0.15) is 9.78 Å². The third kappa shape index (κ3) is 4.18. The number of benzene rings is 1. The van der Waals surface area contributed by atoms with Gasteiger partial charge in [-0.25, -0.2) is 4.79 Å². The average Bonchev–Trinajstić information content (AvgIpc) is 3.12. The van der Waals surface area contributed by atoms with Crippen molar-refractivity contribution in [1.29, 1.82) is 0 Å². The zero-order chi connectivity index (χ0) is 21.8. The molecule has 2 aromatic heterocycles. The number of hydrogen-bond donors (Lipinski definition) is 1. The highest BCUT2D eigenvalue weighted by atomic mass is 32.1. The molecule has 0 radical (unpaired) electrons. The summed E-state index contributed by atoms with van der Waals surface area (Å²) in [5.74, 6) is -0.645. The molecule has 1 N–H and O–H groups in total. The standard InChI is InChI=1S/C22H23N3O4S/c1-5-7-17(26)23-20-18-16(12-30-20)19(22(28)29-6-2)24-25(21(18)27)15-10-8-14(9-11-15)13(3)4/h5,7-13H,6H2,1-4H3,(H,23,26)/b7-5+. The number of hydrogen-bond acceptors (Lipinski definition) is 6. The van der Waals surface area contributed by atoms with Gasteiger partial charge in [-0.3, -0.25) is 9.59 Å². The fourth-order valence-corrected chi connectivity index (χ4v) is 3.91. The lowest BCUT2D eigenvalue weighted by atomic mass is 10.0. The fourth-order valence-electron chi connectivity index (χ4n) is 2.97. The minimum absolute atomic E-state index is 0.0298. The van der Waals surface area contributed by atoms with Gasteiger partial charge in [0.05, 0.1) is 17.7 Å². The minimum atomic E-state index is -0.626. The van der Waals surface area contributed by atoms with Crippen molar-refractivity contribution in [3.05, 3.63) is 63.4 Å². The average molecular weight is 426 g/mol. The summed E-state index contributed by atoms with van der Waals surface area (Å²) in [5.41, 5.74) is 1.25. The van der Waals surface area contributed by atoms with Crippen molar-refractivity contribution in [3.63, 3.8) is 0 Å². The predicted octanol–water partition coefficient (Wildman–Crippen LogP) is 4.26. The molecule has 8 heteroatoms. The summed E-state index contributed by atoms with van der Waals surface area (Å²) in [7, 11) is 0. The van der Waals surface area contributed by atoms with Crippen LogP contribution in [0.15, 0.2) is 46.6 Å². The molecule has 0 atom stereocenters. The second-order valence-electron chi connectivity index (χ2n) is 6.88. The number of fused-ring (bicyclic) bond motifs is 1. The van der Waals surface area contributed by atoms with Gasteiger partial charge < -0.3 is 10.1 Å². The Hall–Kier alpha value is -3.26. The first kappa shape index (κ1) is 21.4. The summed E-state index contributed by atoms with van der Waals surface area (Å²) in [4.78, 5) is 37.9. The Morgan fingerprint density at radius 2 is 1.97 bits per heavy atom. The van der Waals surface area contributed by atoms with Crippen molar-refractivity contribution in [3.8, 4) is 5.69 Å². The molecule has 3 rings (SSSR count). The Morgan fingerprint density at radius 1 is 1.27 bits per heavy atom. The molecule has 156 valence electrons. The van der Waals surface area contributed by atoms with Gasteiger partial charge in [-0.05, 0) is 43.5 Å². The molecule has 0 aliphatic carbocycles. The van der Waals surface area contributed by atoms with Crippen molar-refractivity contribution < 1.29 is 14.3 Å². The molecule has 0 aliphatic heterocycles. The lowest BCUT2D eigenvalue weighted by Gasteiger charge is -2.11. The van der Waals surface area contributed by atoms with Crippen LogP contribution in [0, 0.1) is 0 Å². The number of carbonyl (C=O) groups is 2. The highest BCUT2D eigenvalue weighted by Crippen LogP contribution is 2.30. The zero-order valence-corrected chi connectivity index (χ0v) is 18.1. The first-order chi connectivity index (χ1) is 14.4. The van der Waals surface area contributed by atoms with Crippen LogP contribution in [0.25, 0.3) is 16.5 Å². The van der Waals surface area contributed by atoms with Crippen molar-refractivity contribution in [2.75, 3.05) is 11.9 Å². The van der Waals surface area contributed by atoms with Gasteiger partial charge in [0.2, 0.25) is 5.91 Å². The number of thiophene rings is 1. The summed E-state index contributed by atoms with van der Waals surface area (Å²) in [6.45, 7) is 7.76. The number of esters is 1. The van der Waals surface area contributed by atoms with E-state index in [4.69, 9.17) is 4.74 Å².